The van der Waals surface area contributed by atoms with Gasteiger partial charge in [0, 0.05) is 16.3 Å². The van der Waals surface area contributed by atoms with Gasteiger partial charge in [-0.1, -0.05) is 50.6 Å². The fourth-order valence-electron chi connectivity index (χ4n) is 2.78. The Morgan fingerprint density at radius 2 is 1.80 bits per heavy atom. The minimum atomic E-state index is -3.09. The summed E-state index contributed by atoms with van der Waals surface area (Å²) in [7, 11) is -3.09. The molecule has 1 aromatic rings. The number of ether oxygens (including phenoxy) is 1. The predicted octanol–water partition coefficient (Wildman–Crippen LogP) is 4.20. The number of nitrogens with one attached hydrogen (secondary N) is 2. The van der Waals surface area contributed by atoms with E-state index >= 15 is 0 Å². The van der Waals surface area contributed by atoms with Crippen LogP contribution in [0.25, 0.3) is 0 Å². The lowest BCUT2D eigenvalue weighted by Crippen LogP contribution is -2.34. The summed E-state index contributed by atoms with van der Waals surface area (Å²) in [5.41, 5.74) is 1.77. The summed E-state index contributed by atoms with van der Waals surface area (Å²) in [6.07, 6.45) is 1.15. The largest absolute Gasteiger partial charge is 0.484 e. The molecule has 0 fully saturated rings. The molecule has 0 saturated heterocycles. The molecule has 0 spiro atoms. The van der Waals surface area contributed by atoms with Crippen LogP contribution in [-0.2, 0) is 20.2 Å². The van der Waals surface area contributed by atoms with Crippen molar-refractivity contribution >= 4 is 33.2 Å². The van der Waals surface area contributed by atoms with Gasteiger partial charge >= 0.3 is 0 Å². The number of hydrogen-bond donors (Lipinski definition) is 2. The maximum Gasteiger partial charge on any atom is 0.258 e. The monoisotopic (exact) mass is 452 g/mol. The van der Waals surface area contributed by atoms with Crippen molar-refractivity contribution in [1.29, 1.82) is 0 Å². The predicted molar refractivity (Wildman–Crippen MR) is 122 cm³/mol. The average Bonchev–Trinajstić information content (AvgIpc) is 2.55. The highest BCUT2D eigenvalue weighted by Crippen LogP contribution is 2.32. The van der Waals surface area contributed by atoms with E-state index in [2.05, 4.69) is 30.8 Å². The standard InChI is InChI=1S/C15H22ClNO2.C7H7NO2S/c1-10(2)17-14(18)9-19-11-6-7-12(13(16)8-11)15(3,4)5;1-11(9,10)8-7-4-5-2-3-6(5)7/h6-8,10H,9H2,1-5H3,(H,17,18);2-4,8H,1H3. The van der Waals surface area contributed by atoms with E-state index in [0.29, 0.717) is 16.5 Å². The number of carbonyl (C=O) groups is 1. The molecule has 0 bridgehead atoms. The third-order valence-corrected chi connectivity index (χ3v) is 5.10. The second-order valence-electron chi connectivity index (χ2n) is 8.54. The Hall–Kier alpha value is -2.25. The van der Waals surface area contributed by atoms with Gasteiger partial charge in [0.2, 0.25) is 10.0 Å². The molecule has 2 N–H and O–H groups in total. The van der Waals surface area contributed by atoms with Crippen LogP contribution in [0, 0.1) is 10.4 Å². The zero-order chi connectivity index (χ0) is 22.7. The minimum absolute atomic E-state index is 0.00335. The Morgan fingerprint density at radius 1 is 1.13 bits per heavy atom. The number of halogens is 1. The quantitative estimate of drug-likeness (QED) is 0.587. The van der Waals surface area contributed by atoms with E-state index in [0.717, 1.165) is 22.3 Å². The molecule has 1 amide bonds. The van der Waals surface area contributed by atoms with E-state index in [1.807, 2.05) is 44.2 Å². The van der Waals surface area contributed by atoms with Crippen LogP contribution in [0.3, 0.4) is 0 Å². The number of benzene rings is 2. The third kappa shape index (κ3) is 6.92. The highest BCUT2D eigenvalue weighted by Gasteiger charge is 2.17. The van der Waals surface area contributed by atoms with Gasteiger partial charge in [-0.05, 0) is 48.2 Å². The number of sulfonamides is 1. The molecule has 0 radical (unpaired) electrons. The SMILES string of the molecule is CC(C)NC(=O)COc1ccc(C(C)(C)C)c(Cl)c1.CS(=O)(=O)Nc1cc2ccc1=2. The van der Waals surface area contributed by atoms with E-state index in [1.54, 1.807) is 6.07 Å². The first-order valence-electron chi connectivity index (χ1n) is 9.60. The number of rotatable bonds is 6. The highest BCUT2D eigenvalue weighted by molar-refractivity contribution is 7.92. The lowest BCUT2D eigenvalue weighted by atomic mass is 9.87. The summed E-state index contributed by atoms with van der Waals surface area (Å²) < 4.78 is 29.3. The molecule has 30 heavy (non-hydrogen) atoms. The van der Waals surface area contributed by atoms with Gasteiger partial charge < -0.3 is 10.1 Å². The van der Waals surface area contributed by atoms with Crippen LogP contribution in [0.4, 0.5) is 5.69 Å². The molecule has 0 aromatic heterocycles. The van der Waals surface area contributed by atoms with Gasteiger partial charge in [-0.15, -0.1) is 0 Å². The van der Waals surface area contributed by atoms with Crippen molar-refractivity contribution in [3.05, 3.63) is 57.4 Å². The van der Waals surface area contributed by atoms with Crippen LogP contribution in [0.15, 0.2) is 36.4 Å². The zero-order valence-electron chi connectivity index (χ0n) is 18.2. The molecule has 2 aliphatic carbocycles. The molecule has 1 aromatic carbocycles. The van der Waals surface area contributed by atoms with Crippen LogP contribution in [0.2, 0.25) is 5.02 Å². The summed E-state index contributed by atoms with van der Waals surface area (Å²) in [4.78, 5) is 11.5. The summed E-state index contributed by atoms with van der Waals surface area (Å²) >= 11 is 6.23. The number of amides is 1. The zero-order valence-corrected chi connectivity index (χ0v) is 19.7. The lowest BCUT2D eigenvalue weighted by Gasteiger charge is -2.21. The number of carbonyl (C=O) groups excluding carboxylic acids is 1. The highest BCUT2D eigenvalue weighted by atomic mass is 35.5. The second-order valence-corrected chi connectivity index (χ2v) is 10.7. The van der Waals surface area contributed by atoms with Gasteiger partial charge in [0.1, 0.15) is 5.75 Å². The summed E-state index contributed by atoms with van der Waals surface area (Å²) in [5.74, 6) is 0.475. The maximum absolute atomic E-state index is 11.5. The van der Waals surface area contributed by atoms with E-state index in [-0.39, 0.29) is 24.0 Å². The normalized spacial score (nSPS) is 12.0. The van der Waals surface area contributed by atoms with Gasteiger partial charge in [-0.2, -0.15) is 0 Å². The van der Waals surface area contributed by atoms with Gasteiger partial charge in [-0.25, -0.2) is 8.42 Å². The summed E-state index contributed by atoms with van der Waals surface area (Å²) in [6.45, 7) is 10.1. The average molecular weight is 453 g/mol. The van der Waals surface area contributed by atoms with Crippen molar-refractivity contribution in [1.82, 2.24) is 5.32 Å². The van der Waals surface area contributed by atoms with E-state index < -0.39 is 10.0 Å². The van der Waals surface area contributed by atoms with Crippen molar-refractivity contribution in [2.24, 2.45) is 0 Å². The first-order valence-corrected chi connectivity index (χ1v) is 11.9. The van der Waals surface area contributed by atoms with Crippen molar-refractivity contribution < 1.29 is 17.9 Å². The van der Waals surface area contributed by atoms with Crippen LogP contribution < -0.4 is 14.8 Å². The number of hydrogen-bond acceptors (Lipinski definition) is 4. The van der Waals surface area contributed by atoms with E-state index in [9.17, 15) is 13.2 Å². The smallest absolute Gasteiger partial charge is 0.258 e. The minimum Gasteiger partial charge on any atom is -0.484 e. The molecular weight excluding hydrogens is 424 g/mol. The lowest BCUT2D eigenvalue weighted by molar-refractivity contribution is -0.123. The van der Waals surface area contributed by atoms with Crippen molar-refractivity contribution in [3.63, 3.8) is 0 Å². The molecule has 6 nitrogen and oxygen atoms in total. The molecule has 8 heteroatoms. The Balaban J connectivity index is 0.000000244. The first kappa shape index (κ1) is 24.0. The molecule has 164 valence electrons. The Labute approximate surface area is 183 Å². The van der Waals surface area contributed by atoms with E-state index in [1.165, 1.54) is 0 Å². The summed E-state index contributed by atoms with van der Waals surface area (Å²) in [6, 6.07) is 11.3. The van der Waals surface area contributed by atoms with Crippen molar-refractivity contribution in [2.45, 2.75) is 46.1 Å². The van der Waals surface area contributed by atoms with Crippen LogP contribution >= 0.6 is 11.6 Å². The molecule has 0 aliphatic heterocycles. The molecule has 0 atom stereocenters. The van der Waals surface area contributed by atoms with Gasteiger partial charge in [-0.3, -0.25) is 9.52 Å². The van der Waals surface area contributed by atoms with Crippen molar-refractivity contribution in [2.75, 3.05) is 17.6 Å². The fraction of sp³-hybridized carbons (Fsp3) is 0.409. The van der Waals surface area contributed by atoms with Crippen LogP contribution in [0.5, 0.6) is 5.75 Å². The second kappa shape index (κ2) is 9.27. The van der Waals surface area contributed by atoms with Crippen molar-refractivity contribution in [3.8, 4) is 5.75 Å². The maximum atomic E-state index is 11.5. The first-order chi connectivity index (χ1) is 13.8. The molecule has 0 heterocycles. The van der Waals surface area contributed by atoms with Gasteiger partial charge in [0.15, 0.2) is 6.61 Å². The van der Waals surface area contributed by atoms with Gasteiger partial charge in [0.25, 0.3) is 5.91 Å². The Morgan fingerprint density at radius 3 is 2.20 bits per heavy atom. The van der Waals surface area contributed by atoms with Crippen LogP contribution in [0.1, 0.15) is 40.2 Å². The van der Waals surface area contributed by atoms with E-state index in [4.69, 9.17) is 16.3 Å². The third-order valence-electron chi connectivity index (χ3n) is 4.19. The molecule has 3 rings (SSSR count). The number of anilines is 1. The fourth-order valence-corrected chi connectivity index (χ4v) is 3.80. The summed E-state index contributed by atoms with van der Waals surface area (Å²) in [5, 5.41) is 5.59. The molecular formula is C22H29ClN2O4S. The Bertz CT molecular complexity index is 1120. The van der Waals surface area contributed by atoms with Crippen LogP contribution in [-0.4, -0.2) is 33.2 Å². The topological polar surface area (TPSA) is 84.5 Å². The molecule has 2 aliphatic rings. The Kier molecular flexibility index (Phi) is 7.42. The molecule has 0 saturated carbocycles. The van der Waals surface area contributed by atoms with Gasteiger partial charge in [0.05, 0.1) is 11.9 Å². The molecule has 0 unspecified atom stereocenters.